The van der Waals surface area contributed by atoms with E-state index in [1.807, 2.05) is 0 Å². The van der Waals surface area contributed by atoms with Gasteiger partial charge in [-0.25, -0.2) is 4.79 Å². The highest BCUT2D eigenvalue weighted by Crippen LogP contribution is 2.51. The number of likely N-dealkylation sites (tertiary alicyclic amines) is 2. The zero-order valence-electron chi connectivity index (χ0n) is 10.4. The van der Waals surface area contributed by atoms with E-state index in [4.69, 9.17) is 5.11 Å². The van der Waals surface area contributed by atoms with E-state index < -0.39 is 6.09 Å². The third kappa shape index (κ3) is 1.82. The molecule has 4 heteroatoms. The van der Waals surface area contributed by atoms with Gasteiger partial charge in [-0.1, -0.05) is 6.42 Å². The predicted molar refractivity (Wildman–Crippen MR) is 65.1 cm³/mol. The Morgan fingerprint density at radius 3 is 2.41 bits per heavy atom. The van der Waals surface area contributed by atoms with Crippen molar-refractivity contribution < 1.29 is 9.90 Å². The van der Waals surface area contributed by atoms with Crippen molar-refractivity contribution in [2.45, 2.75) is 44.6 Å². The lowest BCUT2D eigenvalue weighted by molar-refractivity contribution is -0.0273. The van der Waals surface area contributed by atoms with Gasteiger partial charge in [0.2, 0.25) is 0 Å². The fourth-order valence-electron chi connectivity index (χ4n) is 4.02. The van der Waals surface area contributed by atoms with E-state index >= 15 is 0 Å². The molecule has 96 valence electrons. The third-order valence-electron chi connectivity index (χ3n) is 5.11. The summed E-state index contributed by atoms with van der Waals surface area (Å²) in [5, 5.41) is 9.07. The summed E-state index contributed by atoms with van der Waals surface area (Å²) in [6, 6.07) is 0.673. The van der Waals surface area contributed by atoms with Gasteiger partial charge in [-0.05, 0) is 45.2 Å². The molecule has 3 rings (SSSR count). The second-order valence-electron chi connectivity index (χ2n) is 5.97. The Kier molecular flexibility index (Phi) is 2.77. The van der Waals surface area contributed by atoms with Gasteiger partial charge >= 0.3 is 6.09 Å². The lowest BCUT2D eigenvalue weighted by atomic mass is 9.63. The van der Waals surface area contributed by atoms with Crippen molar-refractivity contribution in [2.24, 2.45) is 5.41 Å². The van der Waals surface area contributed by atoms with Crippen LogP contribution in [0.2, 0.25) is 0 Å². The minimum absolute atomic E-state index is 0.315. The van der Waals surface area contributed by atoms with Gasteiger partial charge in [0.05, 0.1) is 0 Å². The number of piperidine rings is 1. The van der Waals surface area contributed by atoms with Gasteiger partial charge in [0.15, 0.2) is 0 Å². The Labute approximate surface area is 103 Å². The van der Waals surface area contributed by atoms with Crippen molar-refractivity contribution in [2.75, 3.05) is 26.2 Å². The molecule has 1 N–H and O–H groups in total. The molecule has 4 nitrogen and oxygen atoms in total. The van der Waals surface area contributed by atoms with Crippen LogP contribution in [0, 0.1) is 5.41 Å². The zero-order valence-corrected chi connectivity index (χ0v) is 10.4. The van der Waals surface area contributed by atoms with E-state index in [0.29, 0.717) is 11.5 Å². The van der Waals surface area contributed by atoms with Crippen LogP contribution in [-0.4, -0.2) is 53.2 Å². The first-order valence-corrected chi connectivity index (χ1v) is 6.93. The molecular weight excluding hydrogens is 216 g/mol. The Morgan fingerprint density at radius 1 is 1.12 bits per heavy atom. The van der Waals surface area contributed by atoms with Gasteiger partial charge in [0, 0.05) is 24.5 Å². The molecule has 0 radical (unpaired) electrons. The molecule has 2 saturated heterocycles. The van der Waals surface area contributed by atoms with E-state index in [1.54, 1.807) is 4.90 Å². The van der Waals surface area contributed by atoms with E-state index in [-0.39, 0.29) is 0 Å². The number of amides is 1. The van der Waals surface area contributed by atoms with Gasteiger partial charge < -0.3 is 10.0 Å². The minimum Gasteiger partial charge on any atom is -0.465 e. The Hall–Kier alpha value is -0.770. The molecule has 0 aromatic heterocycles. The van der Waals surface area contributed by atoms with Gasteiger partial charge in [0.25, 0.3) is 0 Å². The van der Waals surface area contributed by atoms with Crippen LogP contribution in [0.15, 0.2) is 0 Å². The van der Waals surface area contributed by atoms with Crippen molar-refractivity contribution in [1.29, 1.82) is 0 Å². The Morgan fingerprint density at radius 2 is 1.88 bits per heavy atom. The maximum absolute atomic E-state index is 11.0. The average Bonchev–Trinajstić information content (AvgIpc) is 2.76. The fourth-order valence-corrected chi connectivity index (χ4v) is 4.02. The smallest absolute Gasteiger partial charge is 0.407 e. The van der Waals surface area contributed by atoms with Crippen molar-refractivity contribution in [3.63, 3.8) is 0 Å². The highest BCUT2D eigenvalue weighted by Gasteiger charge is 2.53. The van der Waals surface area contributed by atoms with Crippen LogP contribution in [0.3, 0.4) is 0 Å². The SMILES string of the molecule is O=C(O)N1CCC2(CCC2N2CCCCC2)C1. The summed E-state index contributed by atoms with van der Waals surface area (Å²) in [5.41, 5.74) is 0.315. The third-order valence-corrected chi connectivity index (χ3v) is 5.11. The summed E-state index contributed by atoms with van der Waals surface area (Å²) in [5.74, 6) is 0. The van der Waals surface area contributed by atoms with Crippen molar-refractivity contribution in [3.05, 3.63) is 0 Å². The fraction of sp³-hybridized carbons (Fsp3) is 0.923. The quantitative estimate of drug-likeness (QED) is 0.760. The molecule has 1 spiro atoms. The molecule has 0 bridgehead atoms. The number of carboxylic acid groups (broad SMARTS) is 1. The highest BCUT2D eigenvalue weighted by molar-refractivity contribution is 5.65. The maximum atomic E-state index is 11.0. The van der Waals surface area contributed by atoms with E-state index in [0.717, 1.165) is 19.5 Å². The largest absolute Gasteiger partial charge is 0.465 e. The summed E-state index contributed by atoms with van der Waals surface area (Å²) in [4.78, 5) is 15.3. The average molecular weight is 238 g/mol. The summed E-state index contributed by atoms with van der Waals surface area (Å²) in [7, 11) is 0. The molecule has 3 fully saturated rings. The molecule has 1 aliphatic carbocycles. The van der Waals surface area contributed by atoms with E-state index in [9.17, 15) is 4.79 Å². The summed E-state index contributed by atoms with van der Waals surface area (Å²) in [6.07, 6.45) is 6.90. The second-order valence-corrected chi connectivity index (χ2v) is 5.97. The van der Waals surface area contributed by atoms with Crippen LogP contribution in [0.5, 0.6) is 0 Å². The number of carbonyl (C=O) groups is 1. The van der Waals surface area contributed by atoms with Gasteiger partial charge in [-0.2, -0.15) is 0 Å². The number of nitrogens with zero attached hydrogens (tertiary/aromatic N) is 2. The zero-order chi connectivity index (χ0) is 11.9. The number of rotatable bonds is 1. The maximum Gasteiger partial charge on any atom is 0.407 e. The molecule has 2 atom stereocenters. The molecule has 17 heavy (non-hydrogen) atoms. The Bertz CT molecular complexity index is 315. The van der Waals surface area contributed by atoms with Crippen molar-refractivity contribution >= 4 is 6.09 Å². The lowest BCUT2D eigenvalue weighted by Gasteiger charge is -2.53. The van der Waals surface area contributed by atoms with Crippen LogP contribution in [0.25, 0.3) is 0 Å². The van der Waals surface area contributed by atoms with Crippen LogP contribution < -0.4 is 0 Å². The topological polar surface area (TPSA) is 43.8 Å². The first-order valence-electron chi connectivity index (χ1n) is 6.93. The molecule has 2 heterocycles. The summed E-state index contributed by atoms with van der Waals surface area (Å²) in [6.45, 7) is 4.00. The van der Waals surface area contributed by atoms with Gasteiger partial charge in [-0.15, -0.1) is 0 Å². The number of hydrogen-bond donors (Lipinski definition) is 1. The standard InChI is InChI=1S/C13H22N2O2/c16-12(17)15-9-6-13(10-15)5-4-11(13)14-7-2-1-3-8-14/h11H,1-10H2,(H,16,17). The normalized spacial score (nSPS) is 38.4. The molecule has 1 amide bonds. The first kappa shape index (κ1) is 11.3. The highest BCUT2D eigenvalue weighted by atomic mass is 16.4. The molecule has 2 unspecified atom stereocenters. The molecule has 1 saturated carbocycles. The van der Waals surface area contributed by atoms with Crippen molar-refractivity contribution in [1.82, 2.24) is 9.80 Å². The van der Waals surface area contributed by atoms with E-state index in [2.05, 4.69) is 4.90 Å². The van der Waals surface area contributed by atoms with E-state index in [1.165, 1.54) is 45.2 Å². The lowest BCUT2D eigenvalue weighted by Crippen LogP contribution is -2.57. The second kappa shape index (κ2) is 4.16. The van der Waals surface area contributed by atoms with Crippen LogP contribution in [0.1, 0.15) is 38.5 Å². The van der Waals surface area contributed by atoms with Crippen LogP contribution >= 0.6 is 0 Å². The summed E-state index contributed by atoms with van der Waals surface area (Å²) >= 11 is 0. The summed E-state index contributed by atoms with van der Waals surface area (Å²) < 4.78 is 0. The van der Waals surface area contributed by atoms with Crippen LogP contribution in [0.4, 0.5) is 4.79 Å². The molecule has 0 aromatic rings. The Balaban J connectivity index is 1.66. The monoisotopic (exact) mass is 238 g/mol. The molecule has 3 aliphatic rings. The molecular formula is C13H22N2O2. The van der Waals surface area contributed by atoms with Crippen molar-refractivity contribution in [3.8, 4) is 0 Å². The predicted octanol–water partition coefficient (Wildman–Crippen LogP) is 2.00. The van der Waals surface area contributed by atoms with Crippen LogP contribution in [-0.2, 0) is 0 Å². The first-order chi connectivity index (χ1) is 8.21. The number of hydrogen-bond acceptors (Lipinski definition) is 2. The molecule has 2 aliphatic heterocycles. The van der Waals surface area contributed by atoms with Gasteiger partial charge in [0.1, 0.15) is 0 Å². The minimum atomic E-state index is -0.730. The molecule has 0 aromatic carbocycles. The van der Waals surface area contributed by atoms with Gasteiger partial charge in [-0.3, -0.25) is 4.90 Å².